The predicted molar refractivity (Wildman–Crippen MR) is 56.5 cm³/mol. The van der Waals surface area contributed by atoms with Crippen molar-refractivity contribution in [2.45, 2.75) is 31.7 Å². The van der Waals surface area contributed by atoms with Crippen molar-refractivity contribution >= 4 is 22.4 Å². The standard InChI is InChI=1S/C9H13N3OS/c1-9(3-2-4-9)12-8-11-5-6(14-8)7(10)13/h5H,2-4H2,1H3,(H2,10,13)(H,11,12). The van der Waals surface area contributed by atoms with Crippen molar-refractivity contribution in [3.63, 3.8) is 0 Å². The van der Waals surface area contributed by atoms with Gasteiger partial charge in [0.25, 0.3) is 5.91 Å². The Kier molecular flexibility index (Phi) is 2.19. The molecular weight excluding hydrogens is 198 g/mol. The first-order valence-corrected chi connectivity index (χ1v) is 5.45. The number of hydrogen-bond donors (Lipinski definition) is 2. The fourth-order valence-electron chi connectivity index (χ4n) is 1.54. The van der Waals surface area contributed by atoms with E-state index in [1.807, 2.05) is 0 Å². The number of aromatic nitrogens is 1. The van der Waals surface area contributed by atoms with Crippen molar-refractivity contribution in [1.82, 2.24) is 4.98 Å². The number of primary amides is 1. The average molecular weight is 211 g/mol. The third-order valence-electron chi connectivity index (χ3n) is 2.61. The highest BCUT2D eigenvalue weighted by Crippen LogP contribution is 2.35. The Morgan fingerprint density at radius 2 is 2.43 bits per heavy atom. The zero-order valence-corrected chi connectivity index (χ0v) is 8.86. The van der Waals surface area contributed by atoms with Crippen LogP contribution in [0.2, 0.25) is 0 Å². The third kappa shape index (κ3) is 1.72. The minimum Gasteiger partial charge on any atom is -0.365 e. The number of nitrogens with two attached hydrogens (primary N) is 1. The summed E-state index contributed by atoms with van der Waals surface area (Å²) in [7, 11) is 0. The average Bonchev–Trinajstić information content (AvgIpc) is 2.50. The quantitative estimate of drug-likeness (QED) is 0.798. The van der Waals surface area contributed by atoms with Gasteiger partial charge in [-0.1, -0.05) is 11.3 Å². The molecule has 1 aliphatic rings. The van der Waals surface area contributed by atoms with E-state index in [4.69, 9.17) is 5.73 Å². The van der Waals surface area contributed by atoms with E-state index < -0.39 is 5.91 Å². The summed E-state index contributed by atoms with van der Waals surface area (Å²) in [6.07, 6.45) is 5.12. The topological polar surface area (TPSA) is 68.0 Å². The molecule has 3 N–H and O–H groups in total. The highest BCUT2D eigenvalue weighted by Gasteiger charge is 2.32. The highest BCUT2D eigenvalue weighted by atomic mass is 32.1. The van der Waals surface area contributed by atoms with E-state index in [0.29, 0.717) is 4.88 Å². The molecule has 0 atom stereocenters. The van der Waals surface area contributed by atoms with Crippen molar-refractivity contribution in [3.05, 3.63) is 11.1 Å². The molecule has 0 unspecified atom stereocenters. The molecule has 0 aromatic carbocycles. The number of thiazole rings is 1. The number of anilines is 1. The summed E-state index contributed by atoms with van der Waals surface area (Å²) in [5.74, 6) is -0.408. The first-order valence-electron chi connectivity index (χ1n) is 4.63. The van der Waals surface area contributed by atoms with Crippen LogP contribution in [0.25, 0.3) is 0 Å². The Balaban J connectivity index is 2.06. The molecule has 0 saturated heterocycles. The van der Waals surface area contributed by atoms with Crippen LogP contribution < -0.4 is 11.1 Å². The number of nitrogens with one attached hydrogen (secondary N) is 1. The minimum atomic E-state index is -0.408. The minimum absolute atomic E-state index is 0.173. The molecule has 0 aliphatic heterocycles. The zero-order chi connectivity index (χ0) is 10.2. The molecule has 0 radical (unpaired) electrons. The van der Waals surface area contributed by atoms with Crippen LogP contribution >= 0.6 is 11.3 Å². The van der Waals surface area contributed by atoms with Crippen LogP contribution in [-0.2, 0) is 0 Å². The number of carbonyl (C=O) groups is 1. The smallest absolute Gasteiger partial charge is 0.260 e. The van der Waals surface area contributed by atoms with Crippen LogP contribution in [0.1, 0.15) is 35.9 Å². The molecule has 0 bridgehead atoms. The van der Waals surface area contributed by atoms with Gasteiger partial charge in [0.1, 0.15) is 4.88 Å². The molecule has 4 nitrogen and oxygen atoms in total. The predicted octanol–water partition coefficient (Wildman–Crippen LogP) is 1.60. The molecule has 1 heterocycles. The van der Waals surface area contributed by atoms with Crippen LogP contribution in [0.5, 0.6) is 0 Å². The lowest BCUT2D eigenvalue weighted by Gasteiger charge is -2.39. The first-order chi connectivity index (χ1) is 6.59. The number of amides is 1. The van der Waals surface area contributed by atoms with Gasteiger partial charge in [-0.3, -0.25) is 4.79 Å². The Hall–Kier alpha value is -1.10. The van der Waals surface area contributed by atoms with E-state index in [0.717, 1.165) is 5.13 Å². The van der Waals surface area contributed by atoms with Crippen LogP contribution in [0.15, 0.2) is 6.20 Å². The molecule has 1 aromatic heterocycles. The van der Waals surface area contributed by atoms with E-state index >= 15 is 0 Å². The first kappa shape index (κ1) is 9.45. The van der Waals surface area contributed by atoms with Gasteiger partial charge < -0.3 is 11.1 Å². The summed E-state index contributed by atoms with van der Waals surface area (Å²) >= 11 is 1.32. The van der Waals surface area contributed by atoms with Crippen molar-refractivity contribution in [3.8, 4) is 0 Å². The Labute approximate surface area is 86.5 Å². The maximum Gasteiger partial charge on any atom is 0.260 e. The van der Waals surface area contributed by atoms with Gasteiger partial charge >= 0.3 is 0 Å². The van der Waals surface area contributed by atoms with Gasteiger partial charge in [-0.15, -0.1) is 0 Å². The molecule has 2 rings (SSSR count). The monoisotopic (exact) mass is 211 g/mol. The van der Waals surface area contributed by atoms with Gasteiger partial charge in [-0.2, -0.15) is 0 Å². The molecule has 76 valence electrons. The van der Waals surface area contributed by atoms with E-state index in [1.165, 1.54) is 36.8 Å². The SMILES string of the molecule is CC1(Nc2ncc(C(N)=O)s2)CCC1. The second-order valence-electron chi connectivity index (χ2n) is 3.93. The largest absolute Gasteiger partial charge is 0.365 e. The van der Waals surface area contributed by atoms with Gasteiger partial charge in [-0.05, 0) is 26.2 Å². The summed E-state index contributed by atoms with van der Waals surface area (Å²) in [6, 6.07) is 0. The molecule has 1 amide bonds. The summed E-state index contributed by atoms with van der Waals surface area (Å²) in [5.41, 5.74) is 5.31. The molecule has 1 fully saturated rings. The summed E-state index contributed by atoms with van der Waals surface area (Å²) in [5, 5.41) is 4.12. The Bertz CT molecular complexity index is 357. The van der Waals surface area contributed by atoms with Gasteiger partial charge in [0.05, 0.1) is 6.20 Å². The van der Waals surface area contributed by atoms with Crippen LogP contribution in [0.3, 0.4) is 0 Å². The lowest BCUT2D eigenvalue weighted by atomic mass is 9.79. The molecule has 5 heteroatoms. The van der Waals surface area contributed by atoms with Gasteiger partial charge in [0.2, 0.25) is 0 Å². The highest BCUT2D eigenvalue weighted by molar-refractivity contribution is 7.17. The van der Waals surface area contributed by atoms with Crippen molar-refractivity contribution < 1.29 is 4.79 Å². The lowest BCUT2D eigenvalue weighted by Crippen LogP contribution is -2.41. The van der Waals surface area contributed by atoms with Crippen LogP contribution in [-0.4, -0.2) is 16.4 Å². The summed E-state index contributed by atoms with van der Waals surface area (Å²) in [6.45, 7) is 2.17. The summed E-state index contributed by atoms with van der Waals surface area (Å²) < 4.78 is 0. The van der Waals surface area contributed by atoms with E-state index in [1.54, 1.807) is 0 Å². The van der Waals surface area contributed by atoms with Gasteiger partial charge in [-0.25, -0.2) is 4.98 Å². The molecule has 1 saturated carbocycles. The van der Waals surface area contributed by atoms with Crippen LogP contribution in [0, 0.1) is 0 Å². The fourth-order valence-corrected chi connectivity index (χ4v) is 2.35. The second-order valence-corrected chi connectivity index (χ2v) is 4.96. The number of carbonyl (C=O) groups excluding carboxylic acids is 1. The van der Waals surface area contributed by atoms with Crippen molar-refractivity contribution in [1.29, 1.82) is 0 Å². The molecule has 0 spiro atoms. The van der Waals surface area contributed by atoms with Crippen molar-refractivity contribution in [2.75, 3.05) is 5.32 Å². The number of hydrogen-bond acceptors (Lipinski definition) is 4. The lowest BCUT2D eigenvalue weighted by molar-refractivity contribution is 0.100. The Morgan fingerprint density at radius 1 is 1.71 bits per heavy atom. The van der Waals surface area contributed by atoms with Gasteiger partial charge in [0, 0.05) is 5.54 Å². The van der Waals surface area contributed by atoms with E-state index in [-0.39, 0.29) is 5.54 Å². The maximum absolute atomic E-state index is 10.8. The fraction of sp³-hybridized carbons (Fsp3) is 0.556. The van der Waals surface area contributed by atoms with Gasteiger partial charge in [0.15, 0.2) is 5.13 Å². The Morgan fingerprint density at radius 3 is 2.86 bits per heavy atom. The molecule has 1 aliphatic carbocycles. The van der Waals surface area contributed by atoms with E-state index in [2.05, 4.69) is 17.2 Å². The third-order valence-corrected chi connectivity index (χ3v) is 3.54. The number of rotatable bonds is 3. The maximum atomic E-state index is 10.8. The normalized spacial score (nSPS) is 18.6. The summed E-state index contributed by atoms with van der Waals surface area (Å²) in [4.78, 5) is 15.4. The zero-order valence-electron chi connectivity index (χ0n) is 8.04. The van der Waals surface area contributed by atoms with Crippen LogP contribution in [0.4, 0.5) is 5.13 Å². The van der Waals surface area contributed by atoms with Crippen molar-refractivity contribution in [2.24, 2.45) is 5.73 Å². The second kappa shape index (κ2) is 3.24. The molecular formula is C9H13N3OS. The van der Waals surface area contributed by atoms with E-state index in [9.17, 15) is 4.79 Å². The molecule has 14 heavy (non-hydrogen) atoms. The molecule has 1 aromatic rings. The number of nitrogens with zero attached hydrogens (tertiary/aromatic N) is 1.